The lowest BCUT2D eigenvalue weighted by molar-refractivity contribution is 0.449. The summed E-state index contributed by atoms with van der Waals surface area (Å²) in [6.07, 6.45) is 2.44. The van der Waals surface area contributed by atoms with E-state index in [1.165, 1.54) is 0 Å². The first-order valence-electron chi connectivity index (χ1n) is 47.8. The van der Waals surface area contributed by atoms with Crippen LogP contribution in [0.1, 0.15) is 375 Å². The van der Waals surface area contributed by atoms with Gasteiger partial charge in [0.15, 0.2) is 0 Å². The summed E-state index contributed by atoms with van der Waals surface area (Å²) in [5, 5.41) is 108. The van der Waals surface area contributed by atoms with Gasteiger partial charge in [0.05, 0.1) is 22.4 Å². The second-order valence-electron chi connectivity index (χ2n) is 49.4. The molecule has 15 rings (SSSR count). The molecule has 13 aromatic rings. The fraction of sp³-hybridized carbons (Fsp3) is 0.410. The fourth-order valence-corrected chi connectivity index (χ4v) is 19.4. The highest BCUT2D eigenvalue weighted by Gasteiger charge is 2.35. The summed E-state index contributed by atoms with van der Waals surface area (Å²) in [6, 6.07) is 55.7. The number of fused-ring (bicyclic) bond motifs is 23. The molecule has 20 bridgehead atoms. The molecule has 690 valence electrons. The molecule has 0 spiro atoms. The highest BCUT2D eigenvalue weighted by atomic mass is 16.3. The Labute approximate surface area is 786 Å². The number of phenolic OH excluding ortho intramolecular Hbond substituents is 8. The Balaban J connectivity index is 1.02. The Hall–Kier alpha value is -11.4. The Morgan fingerprint density at radius 1 is 0.159 bits per heavy atom. The molecule has 10 nitrogen and oxygen atoms in total. The smallest absolute Gasteiger partial charge is 0.122 e. The van der Waals surface area contributed by atoms with Crippen molar-refractivity contribution in [3.05, 3.63) is 325 Å². The Bertz CT molecular complexity index is 6080. The first-order chi connectivity index (χ1) is 60.9. The molecule has 11 aromatic carbocycles. The van der Waals surface area contributed by atoms with Crippen molar-refractivity contribution in [2.45, 2.75) is 326 Å². The van der Waals surface area contributed by atoms with Gasteiger partial charge in [0.25, 0.3) is 0 Å². The van der Waals surface area contributed by atoms with Crippen molar-refractivity contribution >= 4 is 21.8 Å². The van der Waals surface area contributed by atoms with Gasteiger partial charge < -0.3 is 40.9 Å². The standard InChI is InChI=1S/C122H144N2O8/c1-113(2,3)89-47-69-37-73-51-91(115(7,8)9)55-77(105(73)125)41-81-59-95(119(19,20)21)63-85(109(81)129)45-86-64-96(120(22,23)24)60-82(110(86)130)42-78-56-92(116(10,11)12)52-74(106(78)126)38-70(48-89)101(69)99-35-33-67-31-32-68-34-36-100(124-104(68)103(67)123-99)102-71-39-75-53-93(117(13,14)15)57-79(107(75)127)43-83-61-97(121(25,26)27)65-87(111(83)131)46-88-66-98(122(28,29)30)62-84(112(88)132)44-80-58-94(118(16,17)18)54-76(108(80)128)40-72(102)50-90(49-71)114(4,5)6/h31-36,47-66,125-132H,37-46H2,1-30H3. The first-order valence-corrected chi connectivity index (χ1v) is 47.8. The SMILES string of the molecule is CC(C)(C)c1cc2c(O)c(c1)Cc1cc(C(C)(C)C)cc(c1O)Cc1cc(C(C)(C)C)cc(c1-c1ccc3ccc4ccc(-c5c6cc(C(C)(C)C)cc5Cc5cc(C(C)(C)C)cc(c5O)Cc5cc(C(C)(C)C)cc(c5O)Cc5cc(C(C)(C)C)cc(c5O)Cc5cc(C(C)(C)C)cc(c5O)C6)nc4c3n1)Cc1cc(C(C)(C)C)cc(c1O)Cc1cc(C(C)(C)C)cc(c1O)C2. The van der Waals surface area contributed by atoms with Crippen molar-refractivity contribution in [1.82, 2.24) is 9.97 Å². The summed E-state index contributed by atoms with van der Waals surface area (Å²) in [6.45, 7) is 65.9. The summed E-state index contributed by atoms with van der Waals surface area (Å²) in [7, 11) is 0. The van der Waals surface area contributed by atoms with E-state index in [4.69, 9.17) is 9.97 Å². The number of aromatic nitrogens is 2. The Morgan fingerprint density at radius 2 is 0.265 bits per heavy atom. The van der Waals surface area contributed by atoms with E-state index in [2.05, 4.69) is 365 Å². The molecule has 0 saturated heterocycles. The molecular formula is C122H144N2O8. The van der Waals surface area contributed by atoms with Crippen LogP contribution in [0.5, 0.6) is 46.0 Å². The van der Waals surface area contributed by atoms with Gasteiger partial charge in [-0.2, -0.15) is 0 Å². The van der Waals surface area contributed by atoms with Crippen molar-refractivity contribution < 1.29 is 40.9 Å². The number of benzene rings is 11. The second-order valence-corrected chi connectivity index (χ2v) is 49.4. The minimum Gasteiger partial charge on any atom is -0.507 e. The summed E-state index contributed by atoms with van der Waals surface area (Å²) in [5.74, 6) is 0.978. The normalized spacial score (nSPS) is 14.2. The lowest BCUT2D eigenvalue weighted by Gasteiger charge is -2.28. The third-order valence-corrected chi connectivity index (χ3v) is 28.2. The highest BCUT2D eigenvalue weighted by Crippen LogP contribution is 2.50. The number of pyridine rings is 2. The molecule has 2 heterocycles. The molecule has 0 fully saturated rings. The van der Waals surface area contributed by atoms with E-state index in [9.17, 15) is 40.9 Å². The van der Waals surface area contributed by atoms with Crippen LogP contribution in [0.15, 0.2) is 158 Å². The molecule has 2 aliphatic carbocycles. The van der Waals surface area contributed by atoms with Gasteiger partial charge >= 0.3 is 0 Å². The van der Waals surface area contributed by atoms with Gasteiger partial charge in [0, 0.05) is 86.1 Å². The van der Waals surface area contributed by atoms with E-state index in [1.54, 1.807) is 0 Å². The molecule has 132 heavy (non-hydrogen) atoms. The maximum Gasteiger partial charge on any atom is 0.122 e. The zero-order chi connectivity index (χ0) is 96.4. The lowest BCUT2D eigenvalue weighted by atomic mass is 9.78. The van der Waals surface area contributed by atoms with Crippen LogP contribution < -0.4 is 0 Å². The van der Waals surface area contributed by atoms with E-state index < -0.39 is 32.5 Å². The number of hydrogen-bond acceptors (Lipinski definition) is 10. The molecule has 0 unspecified atom stereocenters. The topological polar surface area (TPSA) is 188 Å². The summed E-state index contributed by atoms with van der Waals surface area (Å²) < 4.78 is 0. The van der Waals surface area contributed by atoms with Crippen LogP contribution in [0.3, 0.4) is 0 Å². The zero-order valence-electron chi connectivity index (χ0n) is 84.6. The molecule has 0 atom stereocenters. The van der Waals surface area contributed by atoms with Gasteiger partial charge in [-0.25, -0.2) is 9.97 Å². The van der Waals surface area contributed by atoms with Crippen molar-refractivity contribution in [3.63, 3.8) is 0 Å². The van der Waals surface area contributed by atoms with Crippen LogP contribution in [0.4, 0.5) is 0 Å². The van der Waals surface area contributed by atoms with Gasteiger partial charge in [-0.05, 0) is 233 Å². The summed E-state index contributed by atoms with van der Waals surface area (Å²) in [4.78, 5) is 12.0. The molecule has 2 aromatic heterocycles. The molecule has 0 radical (unpaired) electrons. The number of aromatic hydroxyl groups is 8. The summed E-state index contributed by atoms with van der Waals surface area (Å²) >= 11 is 0. The van der Waals surface area contributed by atoms with Gasteiger partial charge in [0.1, 0.15) is 46.0 Å². The first kappa shape index (κ1) is 95.3. The number of rotatable bonds is 2. The van der Waals surface area contributed by atoms with Crippen molar-refractivity contribution in [3.8, 4) is 68.5 Å². The van der Waals surface area contributed by atoms with Crippen LogP contribution >= 0.6 is 0 Å². The largest absolute Gasteiger partial charge is 0.507 e. The van der Waals surface area contributed by atoms with Gasteiger partial charge in [-0.15, -0.1) is 0 Å². The molecule has 0 aliphatic heterocycles. The van der Waals surface area contributed by atoms with Crippen LogP contribution in [-0.4, -0.2) is 50.8 Å². The third kappa shape index (κ3) is 19.3. The van der Waals surface area contributed by atoms with E-state index in [0.717, 1.165) is 99.8 Å². The molecule has 8 N–H and O–H groups in total. The molecular weight excluding hydrogens is 1620 g/mol. The minimum atomic E-state index is -0.410. The predicted molar refractivity (Wildman–Crippen MR) is 548 cm³/mol. The van der Waals surface area contributed by atoms with E-state index in [-0.39, 0.29) is 132 Å². The fourth-order valence-electron chi connectivity index (χ4n) is 19.4. The van der Waals surface area contributed by atoms with Gasteiger partial charge in [-0.1, -0.05) is 353 Å². The van der Waals surface area contributed by atoms with Gasteiger partial charge in [0.2, 0.25) is 0 Å². The highest BCUT2D eigenvalue weighted by molar-refractivity contribution is 6.04. The minimum absolute atomic E-state index is 0.112. The summed E-state index contributed by atoms with van der Waals surface area (Å²) in [5.41, 5.74) is 25.4. The monoisotopic (exact) mass is 1770 g/mol. The maximum atomic E-state index is 13.5. The van der Waals surface area contributed by atoms with Gasteiger partial charge in [-0.3, -0.25) is 0 Å². The van der Waals surface area contributed by atoms with Crippen LogP contribution in [-0.2, 0) is 118 Å². The predicted octanol–water partition coefficient (Wildman–Crippen LogP) is 29.3. The Morgan fingerprint density at radius 3 is 0.386 bits per heavy atom. The van der Waals surface area contributed by atoms with Crippen molar-refractivity contribution in [2.75, 3.05) is 0 Å². The molecule has 10 heteroatoms. The number of phenols is 8. The van der Waals surface area contributed by atoms with E-state index in [0.29, 0.717) is 111 Å². The quantitative estimate of drug-likeness (QED) is 0.0774. The molecule has 0 amide bonds. The average Bonchev–Trinajstić information content (AvgIpc) is 0.746. The van der Waals surface area contributed by atoms with Crippen molar-refractivity contribution in [2.24, 2.45) is 0 Å². The van der Waals surface area contributed by atoms with E-state index in [1.807, 2.05) is 0 Å². The number of nitrogens with zero attached hydrogens (tertiary/aromatic N) is 2. The number of hydrogen-bond donors (Lipinski definition) is 8. The molecule has 2 aliphatic rings. The lowest BCUT2D eigenvalue weighted by Crippen LogP contribution is -2.16. The zero-order valence-corrected chi connectivity index (χ0v) is 84.6. The maximum absolute atomic E-state index is 13.5. The third-order valence-electron chi connectivity index (χ3n) is 28.2. The molecule has 0 saturated carbocycles. The van der Waals surface area contributed by atoms with Crippen LogP contribution in [0.25, 0.3) is 44.3 Å². The second kappa shape index (κ2) is 33.4. The van der Waals surface area contributed by atoms with Crippen LogP contribution in [0, 0.1) is 0 Å². The van der Waals surface area contributed by atoms with E-state index >= 15 is 0 Å². The average molecular weight is 1770 g/mol. The Kier molecular flexibility index (Phi) is 24.1. The van der Waals surface area contributed by atoms with Crippen molar-refractivity contribution in [1.29, 1.82) is 0 Å². The van der Waals surface area contributed by atoms with Crippen LogP contribution in [0.2, 0.25) is 0 Å².